The molecule has 0 unspecified atom stereocenters. The summed E-state index contributed by atoms with van der Waals surface area (Å²) in [6.07, 6.45) is -0.483. The number of carbonyl (C=O) groups excluding carboxylic acids is 1. The molecular weight excluding hydrogens is 392 g/mol. The third-order valence-electron chi connectivity index (χ3n) is 5.13. The Balaban J connectivity index is 2.10. The van der Waals surface area contributed by atoms with E-state index in [2.05, 4.69) is 5.32 Å². The highest BCUT2D eigenvalue weighted by molar-refractivity contribution is 7.92. The van der Waals surface area contributed by atoms with Crippen molar-refractivity contribution in [3.8, 4) is 5.75 Å². The van der Waals surface area contributed by atoms with E-state index in [0.717, 1.165) is 5.56 Å². The number of amides is 1. The topological polar surface area (TPSA) is 95.9 Å². The molecule has 0 aliphatic carbocycles. The fourth-order valence-corrected chi connectivity index (χ4v) is 4.91. The molecule has 1 aliphatic heterocycles. The number of benzene rings is 2. The fraction of sp³-hybridized carbons (Fsp3) is 0.381. The Morgan fingerprint density at radius 3 is 2.55 bits per heavy atom. The van der Waals surface area contributed by atoms with Crippen molar-refractivity contribution in [3.05, 3.63) is 53.6 Å². The van der Waals surface area contributed by atoms with Crippen LogP contribution >= 0.6 is 0 Å². The molecule has 1 aliphatic rings. The summed E-state index contributed by atoms with van der Waals surface area (Å²) in [5, 5.41) is 13.7. The second-order valence-electron chi connectivity index (χ2n) is 7.08. The molecule has 0 spiro atoms. The van der Waals surface area contributed by atoms with Gasteiger partial charge in [0.1, 0.15) is 11.9 Å². The minimum Gasteiger partial charge on any atom is -0.497 e. The van der Waals surface area contributed by atoms with Gasteiger partial charge in [-0.25, -0.2) is 8.42 Å². The number of fused-ring (bicyclic) bond motifs is 1. The number of sulfonamides is 1. The third-order valence-corrected chi connectivity index (χ3v) is 6.95. The van der Waals surface area contributed by atoms with E-state index in [9.17, 15) is 18.3 Å². The standard InChI is InChI=1S/C21H26N2O5S/c1-4-20(24)22-18-11-12-23(29(26,27)16-8-5-14(2)6-9-16)19-13-15(28-3)7-10-17(19)21(18)25/h5-10,13,18,21,25H,4,11-12H2,1-3H3,(H,22,24)/t18-,21-/m0/s1. The highest BCUT2D eigenvalue weighted by atomic mass is 32.2. The molecule has 0 radical (unpaired) electrons. The van der Waals surface area contributed by atoms with E-state index in [1.54, 1.807) is 49.4 Å². The second-order valence-corrected chi connectivity index (χ2v) is 8.94. The van der Waals surface area contributed by atoms with Gasteiger partial charge in [0.05, 0.1) is 23.7 Å². The van der Waals surface area contributed by atoms with Crippen molar-refractivity contribution < 1.29 is 23.1 Å². The first kappa shape index (κ1) is 21.1. The Morgan fingerprint density at radius 2 is 1.93 bits per heavy atom. The van der Waals surface area contributed by atoms with Crippen molar-refractivity contribution in [2.75, 3.05) is 18.0 Å². The Bertz CT molecular complexity index is 989. The van der Waals surface area contributed by atoms with Crippen LogP contribution in [-0.2, 0) is 14.8 Å². The minimum absolute atomic E-state index is 0.113. The number of carbonyl (C=O) groups is 1. The lowest BCUT2D eigenvalue weighted by Crippen LogP contribution is -2.40. The lowest BCUT2D eigenvalue weighted by atomic mass is 10.00. The largest absolute Gasteiger partial charge is 0.497 e. The molecule has 1 amide bonds. The molecule has 0 saturated carbocycles. The number of nitrogens with zero attached hydrogens (tertiary/aromatic N) is 1. The molecule has 0 bridgehead atoms. The summed E-state index contributed by atoms with van der Waals surface area (Å²) in [7, 11) is -2.37. The number of rotatable bonds is 5. The molecule has 2 N–H and O–H groups in total. The summed E-state index contributed by atoms with van der Waals surface area (Å²) in [5.74, 6) is 0.287. The normalized spacial score (nSPS) is 19.2. The van der Waals surface area contributed by atoms with E-state index < -0.39 is 22.2 Å². The molecular formula is C21H26N2O5S. The number of methoxy groups -OCH3 is 1. The molecule has 2 aromatic carbocycles. The van der Waals surface area contributed by atoms with E-state index in [0.29, 0.717) is 17.0 Å². The van der Waals surface area contributed by atoms with E-state index in [4.69, 9.17) is 4.74 Å². The van der Waals surface area contributed by atoms with E-state index in [1.165, 1.54) is 11.4 Å². The maximum Gasteiger partial charge on any atom is 0.264 e. The van der Waals surface area contributed by atoms with Gasteiger partial charge >= 0.3 is 0 Å². The first-order valence-corrected chi connectivity index (χ1v) is 11.0. The number of aliphatic hydroxyl groups is 1. The van der Waals surface area contributed by atoms with Crippen LogP contribution in [0, 0.1) is 6.92 Å². The molecule has 29 heavy (non-hydrogen) atoms. The molecule has 2 atom stereocenters. The fourth-order valence-electron chi connectivity index (χ4n) is 3.42. The lowest BCUT2D eigenvalue weighted by Gasteiger charge is -2.25. The average molecular weight is 419 g/mol. The number of aliphatic hydroxyl groups excluding tert-OH is 1. The van der Waals surface area contributed by atoms with Crippen LogP contribution in [0.15, 0.2) is 47.4 Å². The summed E-state index contributed by atoms with van der Waals surface area (Å²) < 4.78 is 33.4. The lowest BCUT2D eigenvalue weighted by molar-refractivity contribution is -0.122. The van der Waals surface area contributed by atoms with Gasteiger partial charge in [0, 0.05) is 24.6 Å². The Kier molecular flexibility index (Phi) is 6.14. The molecule has 0 saturated heterocycles. The summed E-state index contributed by atoms with van der Waals surface area (Å²) in [6, 6.07) is 11.0. The third kappa shape index (κ3) is 4.23. The van der Waals surface area contributed by atoms with Crippen LogP contribution in [0.25, 0.3) is 0 Å². The van der Waals surface area contributed by atoms with Crippen LogP contribution in [0.3, 0.4) is 0 Å². The average Bonchev–Trinajstić information content (AvgIpc) is 2.85. The van der Waals surface area contributed by atoms with E-state index in [1.807, 2.05) is 6.92 Å². The van der Waals surface area contributed by atoms with E-state index >= 15 is 0 Å². The summed E-state index contributed by atoms with van der Waals surface area (Å²) in [4.78, 5) is 12.1. The predicted molar refractivity (Wildman–Crippen MR) is 111 cm³/mol. The second kappa shape index (κ2) is 8.42. The van der Waals surface area contributed by atoms with Gasteiger partial charge in [-0.15, -0.1) is 0 Å². The van der Waals surface area contributed by atoms with Crippen LogP contribution in [0.1, 0.15) is 37.0 Å². The predicted octanol–water partition coefficient (Wildman–Crippen LogP) is 2.53. The maximum absolute atomic E-state index is 13.4. The first-order chi connectivity index (χ1) is 13.8. The molecule has 1 heterocycles. The number of hydrogen-bond acceptors (Lipinski definition) is 5. The van der Waals surface area contributed by atoms with Gasteiger partial charge < -0.3 is 15.2 Å². The van der Waals surface area contributed by atoms with Gasteiger partial charge in [-0.05, 0) is 31.5 Å². The van der Waals surface area contributed by atoms with Gasteiger partial charge in [-0.1, -0.05) is 30.7 Å². The molecule has 8 heteroatoms. The zero-order valence-electron chi connectivity index (χ0n) is 16.8. The van der Waals surface area contributed by atoms with Crippen molar-refractivity contribution in [3.63, 3.8) is 0 Å². The summed E-state index contributed by atoms with van der Waals surface area (Å²) in [5.41, 5.74) is 1.74. The zero-order chi connectivity index (χ0) is 21.2. The monoisotopic (exact) mass is 418 g/mol. The molecule has 3 rings (SSSR count). The Morgan fingerprint density at radius 1 is 1.24 bits per heavy atom. The number of anilines is 1. The highest BCUT2D eigenvalue weighted by Crippen LogP contribution is 2.38. The smallest absolute Gasteiger partial charge is 0.264 e. The van der Waals surface area contributed by atoms with Crippen molar-refractivity contribution in [2.45, 2.75) is 43.7 Å². The van der Waals surface area contributed by atoms with Crippen molar-refractivity contribution >= 4 is 21.6 Å². The minimum atomic E-state index is -3.87. The molecule has 156 valence electrons. The Labute approximate surface area is 171 Å². The number of hydrogen-bond donors (Lipinski definition) is 2. The van der Waals surface area contributed by atoms with Gasteiger partial charge in [0.2, 0.25) is 5.91 Å². The van der Waals surface area contributed by atoms with Gasteiger partial charge in [-0.2, -0.15) is 0 Å². The van der Waals surface area contributed by atoms with Crippen LogP contribution in [0.4, 0.5) is 5.69 Å². The first-order valence-electron chi connectivity index (χ1n) is 9.52. The maximum atomic E-state index is 13.4. The zero-order valence-corrected chi connectivity index (χ0v) is 17.6. The van der Waals surface area contributed by atoms with Gasteiger partial charge in [0.25, 0.3) is 10.0 Å². The Hall–Kier alpha value is -2.58. The van der Waals surface area contributed by atoms with Gasteiger partial charge in [-0.3, -0.25) is 9.10 Å². The van der Waals surface area contributed by atoms with Gasteiger partial charge in [0.15, 0.2) is 0 Å². The number of ether oxygens (including phenoxy) is 1. The van der Waals surface area contributed by atoms with Crippen molar-refractivity contribution in [1.29, 1.82) is 0 Å². The van der Waals surface area contributed by atoms with Crippen molar-refractivity contribution in [1.82, 2.24) is 5.32 Å². The summed E-state index contributed by atoms with van der Waals surface area (Å²) >= 11 is 0. The van der Waals surface area contributed by atoms with Crippen LogP contribution < -0.4 is 14.4 Å². The van der Waals surface area contributed by atoms with Crippen LogP contribution in [-0.4, -0.2) is 39.1 Å². The molecule has 0 fully saturated rings. The summed E-state index contributed by atoms with van der Waals surface area (Å²) in [6.45, 7) is 3.73. The number of aryl methyl sites for hydroxylation is 1. The van der Waals surface area contributed by atoms with Crippen LogP contribution in [0.5, 0.6) is 5.75 Å². The number of nitrogens with one attached hydrogen (secondary N) is 1. The molecule has 2 aromatic rings. The van der Waals surface area contributed by atoms with Crippen LogP contribution in [0.2, 0.25) is 0 Å². The molecule has 7 nitrogen and oxygen atoms in total. The van der Waals surface area contributed by atoms with E-state index in [-0.39, 0.29) is 30.2 Å². The quantitative estimate of drug-likeness (QED) is 0.778. The highest BCUT2D eigenvalue weighted by Gasteiger charge is 2.35. The van der Waals surface area contributed by atoms with Crippen molar-refractivity contribution in [2.24, 2.45) is 0 Å². The molecule has 0 aromatic heterocycles. The SMILES string of the molecule is CCC(=O)N[C@H]1CCN(S(=O)(=O)c2ccc(C)cc2)c2cc(OC)ccc2[C@@H]1O.